The number of carbonyl (C=O) groups excluding carboxylic acids is 2. The first-order chi connectivity index (χ1) is 32.9. The van der Waals surface area contributed by atoms with Crippen LogP contribution in [0.25, 0.3) is 11.2 Å². The van der Waals surface area contributed by atoms with Gasteiger partial charge in [0.15, 0.2) is 17.7 Å². The summed E-state index contributed by atoms with van der Waals surface area (Å²) in [6.07, 6.45) is 20.6. The van der Waals surface area contributed by atoms with Crippen LogP contribution in [0, 0.1) is 5.41 Å². The van der Waals surface area contributed by atoms with Gasteiger partial charge in [0.25, 0.3) is 0 Å². The summed E-state index contributed by atoms with van der Waals surface area (Å²) in [4.78, 5) is 84.9. The lowest BCUT2D eigenvalue weighted by Gasteiger charge is -2.30. The van der Waals surface area contributed by atoms with Gasteiger partial charge in [0.1, 0.15) is 36.3 Å². The van der Waals surface area contributed by atoms with Crippen molar-refractivity contribution in [1.29, 1.82) is 0 Å². The SMILES string of the molecule is CC(C)(COP(=O)(O)OP(=O)(O)OC[C@H]1O[C@@H](n2cnc3c(N)ncnc32)[C@H](O)[C@@H]1OP(=O)(O)O)[C@@H](O)C(=O)NCCC(=O)NCCS.CCCCC/C=C\C/C=C\C/C=C\C/C=C\CCCC(=O)O. The predicted molar refractivity (Wildman–Crippen MR) is 260 cm³/mol. The summed E-state index contributed by atoms with van der Waals surface area (Å²) < 4.78 is 61.7. The number of aliphatic hydroxyl groups is 2. The lowest BCUT2D eigenvalue weighted by Crippen LogP contribution is -2.46. The van der Waals surface area contributed by atoms with Gasteiger partial charge in [-0.05, 0) is 44.9 Å². The number of amides is 2. The second-order valence-electron chi connectivity index (χ2n) is 16.2. The molecule has 70 heavy (non-hydrogen) atoms. The molecule has 0 radical (unpaired) electrons. The number of nitrogen functional groups attached to an aromatic ring is 1. The summed E-state index contributed by atoms with van der Waals surface area (Å²) in [5, 5.41) is 34.6. The number of anilines is 1. The zero-order valence-electron chi connectivity index (χ0n) is 39.3. The first-order valence-electron chi connectivity index (χ1n) is 22.2. The number of nitrogens with zero attached hydrogens (tertiary/aromatic N) is 4. The minimum absolute atomic E-state index is 0.0363. The normalized spacial score (nSPS) is 19.9. The van der Waals surface area contributed by atoms with Gasteiger partial charge in [0, 0.05) is 37.1 Å². The van der Waals surface area contributed by atoms with Gasteiger partial charge < -0.3 is 56.0 Å². The number of fused-ring (bicyclic) bond motifs is 1. The fraction of sp³-hybridized carbons (Fsp3) is 0.610. The summed E-state index contributed by atoms with van der Waals surface area (Å²) in [6, 6.07) is 0. The first-order valence-corrected chi connectivity index (χ1v) is 27.4. The van der Waals surface area contributed by atoms with E-state index >= 15 is 0 Å². The number of allylic oxidation sites excluding steroid dienone is 8. The Balaban J connectivity index is 0.000000641. The number of carbonyl (C=O) groups is 3. The van der Waals surface area contributed by atoms with Crippen molar-refractivity contribution < 1.29 is 85.6 Å². The molecule has 0 aromatic carbocycles. The van der Waals surface area contributed by atoms with Gasteiger partial charge in [-0.25, -0.2) is 28.6 Å². The maximum absolute atomic E-state index is 12.6. The number of phosphoric acid groups is 3. The highest BCUT2D eigenvalue weighted by molar-refractivity contribution is 7.80. The Bertz CT molecular complexity index is 2210. The minimum Gasteiger partial charge on any atom is -0.481 e. The molecule has 2 aromatic rings. The fourth-order valence-electron chi connectivity index (χ4n) is 6.07. The van der Waals surface area contributed by atoms with Crippen LogP contribution in [0.3, 0.4) is 0 Å². The maximum atomic E-state index is 12.6. The molecule has 25 nitrogen and oxygen atoms in total. The van der Waals surface area contributed by atoms with Crippen LogP contribution in [-0.2, 0) is 50.7 Å². The zero-order chi connectivity index (χ0) is 52.4. The van der Waals surface area contributed by atoms with E-state index in [2.05, 4.69) is 103 Å². The average Bonchev–Trinajstić information content (AvgIpc) is 3.84. The number of ether oxygens (including phenoxy) is 1. The molecule has 0 aliphatic carbocycles. The Labute approximate surface area is 411 Å². The molecule has 0 spiro atoms. The monoisotopic (exact) mass is 1070 g/mol. The Hall–Kier alpha value is -3.68. The van der Waals surface area contributed by atoms with E-state index < -0.39 is 84.6 Å². The Morgan fingerprint density at radius 3 is 2.07 bits per heavy atom. The number of carboxylic acid groups (broad SMARTS) is 1. The van der Waals surface area contributed by atoms with Crippen molar-refractivity contribution in [2.45, 2.75) is 122 Å². The molecule has 1 aliphatic rings. The number of nitrogens with one attached hydrogen (secondary N) is 2. The van der Waals surface area contributed by atoms with Crippen LogP contribution in [0.5, 0.6) is 0 Å². The van der Waals surface area contributed by atoms with Crippen LogP contribution in [0.15, 0.2) is 61.3 Å². The van der Waals surface area contributed by atoms with Gasteiger partial charge >= 0.3 is 29.4 Å². The van der Waals surface area contributed by atoms with Crippen molar-refractivity contribution in [1.82, 2.24) is 30.2 Å². The number of hydrogen-bond donors (Lipinski definition) is 11. The molecule has 7 atom stereocenters. The van der Waals surface area contributed by atoms with Crippen LogP contribution < -0.4 is 16.4 Å². The third-order valence-electron chi connectivity index (χ3n) is 9.73. The molecule has 0 saturated carbocycles. The van der Waals surface area contributed by atoms with Gasteiger partial charge in [0.05, 0.1) is 19.5 Å². The van der Waals surface area contributed by atoms with Gasteiger partial charge in [-0.15, -0.1) is 0 Å². The van der Waals surface area contributed by atoms with Crippen molar-refractivity contribution in [2.75, 3.05) is 37.8 Å². The van der Waals surface area contributed by atoms with E-state index in [-0.39, 0.29) is 42.3 Å². The molecule has 2 aromatic heterocycles. The highest BCUT2D eigenvalue weighted by Gasteiger charge is 2.50. The number of hydrogen-bond acceptors (Lipinski definition) is 18. The van der Waals surface area contributed by atoms with Crippen molar-refractivity contribution in [3.63, 3.8) is 0 Å². The van der Waals surface area contributed by atoms with Gasteiger partial charge in [0.2, 0.25) is 11.8 Å². The number of aliphatic hydroxyl groups excluding tert-OH is 2. The molecule has 1 aliphatic heterocycles. The van der Waals surface area contributed by atoms with Crippen LogP contribution in [0.1, 0.15) is 97.6 Å². The molecule has 2 amide bonds. The Morgan fingerprint density at radius 2 is 1.49 bits per heavy atom. The molecule has 1 fully saturated rings. The summed E-state index contributed by atoms with van der Waals surface area (Å²) in [5.74, 6) is -1.66. The number of aromatic nitrogens is 4. The lowest BCUT2D eigenvalue weighted by molar-refractivity contribution is -0.137. The van der Waals surface area contributed by atoms with E-state index in [1.807, 2.05) is 0 Å². The van der Waals surface area contributed by atoms with E-state index in [1.165, 1.54) is 39.5 Å². The number of carboxylic acids is 1. The van der Waals surface area contributed by atoms with Crippen molar-refractivity contribution in [3.8, 4) is 0 Å². The van der Waals surface area contributed by atoms with E-state index in [1.54, 1.807) is 0 Å². The quantitative estimate of drug-likeness (QED) is 0.0207. The smallest absolute Gasteiger partial charge is 0.481 e. The van der Waals surface area contributed by atoms with Crippen molar-refractivity contribution in [3.05, 3.63) is 61.3 Å². The third kappa shape index (κ3) is 24.6. The molecule has 2 unspecified atom stereocenters. The summed E-state index contributed by atoms with van der Waals surface area (Å²) in [6.45, 7) is 2.95. The van der Waals surface area contributed by atoms with E-state index in [9.17, 15) is 57.9 Å². The number of thiol groups is 1. The average molecular weight is 1070 g/mol. The van der Waals surface area contributed by atoms with Crippen LogP contribution in [-0.4, -0.2) is 129 Å². The van der Waals surface area contributed by atoms with Crippen LogP contribution >= 0.6 is 36.1 Å². The number of imidazole rings is 1. The summed E-state index contributed by atoms with van der Waals surface area (Å²) in [7, 11) is -16.3. The van der Waals surface area contributed by atoms with Gasteiger partial charge in [-0.2, -0.15) is 16.9 Å². The topological polar surface area (TPSA) is 384 Å². The predicted octanol–water partition coefficient (Wildman–Crippen LogP) is 4.55. The third-order valence-corrected chi connectivity index (χ3v) is 13.1. The molecular formula is C41H68N7O18P3S. The maximum Gasteiger partial charge on any atom is 0.481 e. The minimum atomic E-state index is -5.54. The van der Waals surface area contributed by atoms with E-state index in [0.717, 1.165) is 49.3 Å². The molecule has 29 heteroatoms. The highest BCUT2D eigenvalue weighted by Crippen LogP contribution is 2.61. The second-order valence-corrected chi connectivity index (χ2v) is 20.9. The first kappa shape index (κ1) is 62.4. The summed E-state index contributed by atoms with van der Waals surface area (Å²) in [5.41, 5.74) is 4.30. The Morgan fingerprint density at radius 1 is 0.886 bits per heavy atom. The molecular weight excluding hydrogens is 1000 g/mol. The van der Waals surface area contributed by atoms with Gasteiger partial charge in [-0.3, -0.25) is 32.5 Å². The molecule has 0 bridgehead atoms. The van der Waals surface area contributed by atoms with E-state index in [4.69, 9.17) is 24.6 Å². The molecule has 1 saturated heterocycles. The molecule has 396 valence electrons. The molecule has 11 N–H and O–H groups in total. The highest BCUT2D eigenvalue weighted by atomic mass is 32.1. The zero-order valence-corrected chi connectivity index (χ0v) is 42.8. The number of phosphoric ester groups is 3. The fourth-order valence-corrected chi connectivity index (χ4v) is 9.01. The molecule has 3 heterocycles. The standard InChI is InChI=1S/C21H36N7O16P3S.C20H32O2/c1-21(2,16(31)19(32)24-4-3-12(29)23-5-6-48)8-41-47(38,39)44-46(36,37)40-7-11-15(43-45(33,34)35)14(30)20(42-11)28-10-27-13-17(22)25-9-26-18(13)28;1-2-3-4-5-6-7-8-9-10-11-12-13-14-15-16-17-18-19-20(21)22/h9-11,14-16,20,30-31,48H,3-8H2,1-2H3,(H,23,29)(H,24,32)(H,36,37)(H,38,39)(H2,22,25,26)(H2,33,34,35);6-7,9-10,12-13,15-16H,2-5,8,11,14,17-19H2,1H3,(H,21,22)/b;7-6-,10-9-,13-12-,16-15-/t11-,14-,15-,16+,20-;/m1./s1. The number of unbranched alkanes of at least 4 members (excludes halogenated alkanes) is 4. The van der Waals surface area contributed by atoms with E-state index in [0.29, 0.717) is 12.3 Å². The van der Waals surface area contributed by atoms with Crippen molar-refractivity contribution in [2.24, 2.45) is 5.41 Å². The van der Waals surface area contributed by atoms with Crippen LogP contribution in [0.2, 0.25) is 0 Å². The lowest BCUT2D eigenvalue weighted by atomic mass is 9.87. The number of rotatable bonds is 32. The van der Waals surface area contributed by atoms with Crippen LogP contribution in [0.4, 0.5) is 5.82 Å². The second kappa shape index (κ2) is 31.7. The van der Waals surface area contributed by atoms with Crippen molar-refractivity contribution >= 4 is 70.9 Å². The Kier molecular flexibility index (Phi) is 28.3. The molecule has 3 rings (SSSR count). The number of nitrogens with two attached hydrogens (primary N) is 1. The largest absolute Gasteiger partial charge is 0.481 e. The summed E-state index contributed by atoms with van der Waals surface area (Å²) >= 11 is 3.95. The van der Waals surface area contributed by atoms with Gasteiger partial charge in [-0.1, -0.05) is 82.2 Å². The number of aliphatic carboxylic acids is 1.